The van der Waals surface area contributed by atoms with Crippen LogP contribution in [0.3, 0.4) is 0 Å². The van der Waals surface area contributed by atoms with Gasteiger partial charge in [-0.25, -0.2) is 8.42 Å². The number of nitrogen functional groups attached to an aromatic ring is 1. The van der Waals surface area contributed by atoms with Gasteiger partial charge in [0, 0.05) is 31.6 Å². The number of ether oxygens (including phenoxy) is 2. The highest BCUT2D eigenvalue weighted by Crippen LogP contribution is 2.34. The Bertz CT molecular complexity index is 628. The lowest BCUT2D eigenvalue weighted by Crippen LogP contribution is -2.47. The van der Waals surface area contributed by atoms with E-state index in [2.05, 4.69) is 0 Å². The molecule has 0 saturated carbocycles. The summed E-state index contributed by atoms with van der Waals surface area (Å²) >= 11 is 0. The lowest BCUT2D eigenvalue weighted by molar-refractivity contribution is -0.179. The highest BCUT2D eigenvalue weighted by Gasteiger charge is 2.42. The van der Waals surface area contributed by atoms with E-state index >= 15 is 0 Å². The molecule has 116 valence electrons. The fourth-order valence-corrected chi connectivity index (χ4v) is 4.59. The Kier molecular flexibility index (Phi) is 3.69. The highest BCUT2D eigenvalue weighted by atomic mass is 32.2. The third kappa shape index (κ3) is 2.66. The fraction of sp³-hybridized carbons (Fsp3) is 0.571. The summed E-state index contributed by atoms with van der Waals surface area (Å²) in [7, 11) is -3.52. The van der Waals surface area contributed by atoms with Crippen molar-refractivity contribution in [3.05, 3.63) is 23.8 Å². The van der Waals surface area contributed by atoms with Crippen LogP contribution in [0, 0.1) is 6.92 Å². The van der Waals surface area contributed by atoms with Gasteiger partial charge < -0.3 is 15.2 Å². The Hall–Kier alpha value is -1.15. The summed E-state index contributed by atoms with van der Waals surface area (Å²) in [4.78, 5) is 0.284. The second-order valence-corrected chi connectivity index (χ2v) is 7.44. The molecule has 21 heavy (non-hydrogen) atoms. The molecule has 2 N–H and O–H groups in total. The van der Waals surface area contributed by atoms with Crippen LogP contribution in [0.25, 0.3) is 0 Å². The van der Waals surface area contributed by atoms with Crippen LogP contribution in [0.4, 0.5) is 5.69 Å². The molecule has 0 bridgehead atoms. The molecule has 2 saturated heterocycles. The Morgan fingerprint density at radius 3 is 2.43 bits per heavy atom. The Balaban J connectivity index is 1.82. The number of sulfonamides is 1. The molecule has 0 aliphatic carbocycles. The van der Waals surface area contributed by atoms with Crippen molar-refractivity contribution in [2.24, 2.45) is 0 Å². The molecule has 0 amide bonds. The summed E-state index contributed by atoms with van der Waals surface area (Å²) < 4.78 is 38.3. The molecule has 0 unspecified atom stereocenters. The topological polar surface area (TPSA) is 81.9 Å². The zero-order valence-corrected chi connectivity index (χ0v) is 12.9. The first-order chi connectivity index (χ1) is 9.93. The maximum absolute atomic E-state index is 12.8. The van der Waals surface area contributed by atoms with Gasteiger partial charge in [0.1, 0.15) is 0 Å². The fourth-order valence-electron chi connectivity index (χ4n) is 2.89. The van der Waals surface area contributed by atoms with E-state index < -0.39 is 15.8 Å². The minimum absolute atomic E-state index is 0.284. The van der Waals surface area contributed by atoms with Crippen molar-refractivity contribution in [2.45, 2.75) is 30.4 Å². The van der Waals surface area contributed by atoms with Crippen molar-refractivity contribution in [3.63, 3.8) is 0 Å². The minimum atomic E-state index is -3.52. The van der Waals surface area contributed by atoms with Crippen molar-refractivity contribution in [2.75, 3.05) is 32.0 Å². The van der Waals surface area contributed by atoms with Crippen LogP contribution in [-0.4, -0.2) is 44.8 Å². The molecule has 2 heterocycles. The number of rotatable bonds is 2. The van der Waals surface area contributed by atoms with E-state index in [9.17, 15) is 8.42 Å². The number of hydrogen-bond donors (Lipinski definition) is 1. The number of piperidine rings is 1. The van der Waals surface area contributed by atoms with Crippen molar-refractivity contribution in [1.29, 1.82) is 0 Å². The van der Waals surface area contributed by atoms with Gasteiger partial charge in [-0.1, -0.05) is 6.07 Å². The maximum Gasteiger partial charge on any atom is 0.243 e. The van der Waals surface area contributed by atoms with Gasteiger partial charge in [-0.2, -0.15) is 4.31 Å². The maximum atomic E-state index is 12.8. The molecule has 7 heteroatoms. The molecule has 1 aromatic rings. The van der Waals surface area contributed by atoms with Gasteiger partial charge in [-0.3, -0.25) is 0 Å². The summed E-state index contributed by atoms with van der Waals surface area (Å²) in [6, 6.07) is 4.97. The predicted octanol–water partition coefficient (Wildman–Crippen LogP) is 1.10. The number of aryl methyl sites for hydroxylation is 1. The molecule has 2 aliphatic rings. The third-order valence-corrected chi connectivity index (χ3v) is 6.17. The monoisotopic (exact) mass is 312 g/mol. The second kappa shape index (κ2) is 5.24. The number of anilines is 1. The largest absolute Gasteiger partial charge is 0.399 e. The van der Waals surface area contributed by atoms with Gasteiger partial charge in [-0.05, 0) is 24.6 Å². The van der Waals surface area contributed by atoms with Gasteiger partial charge in [0.2, 0.25) is 10.0 Å². The Labute approximate surface area is 124 Å². The molecule has 1 spiro atoms. The summed E-state index contributed by atoms with van der Waals surface area (Å²) in [5.41, 5.74) is 6.89. The molecule has 2 fully saturated rings. The van der Waals surface area contributed by atoms with Gasteiger partial charge in [0.25, 0.3) is 0 Å². The summed E-state index contributed by atoms with van der Waals surface area (Å²) in [6.45, 7) is 3.75. The molecule has 0 radical (unpaired) electrons. The standard InChI is InChI=1S/C14H20N2O4S/c1-11-2-3-12(15)10-13(11)21(17,18)16-6-4-14(5-7-16)19-8-9-20-14/h2-3,10H,4-9,15H2,1H3. The first kappa shape index (κ1) is 14.8. The zero-order chi connectivity index (χ0) is 15.1. The normalized spacial score (nSPS) is 22.7. The van der Waals surface area contributed by atoms with Crippen LogP contribution in [0.5, 0.6) is 0 Å². The molecule has 0 aromatic heterocycles. The van der Waals surface area contributed by atoms with Gasteiger partial charge in [0.15, 0.2) is 5.79 Å². The smallest absolute Gasteiger partial charge is 0.243 e. The van der Waals surface area contributed by atoms with Gasteiger partial charge in [-0.15, -0.1) is 0 Å². The van der Waals surface area contributed by atoms with Crippen LogP contribution in [0.15, 0.2) is 23.1 Å². The van der Waals surface area contributed by atoms with Crippen molar-refractivity contribution < 1.29 is 17.9 Å². The highest BCUT2D eigenvalue weighted by molar-refractivity contribution is 7.89. The zero-order valence-electron chi connectivity index (χ0n) is 12.0. The molecular formula is C14H20N2O4S. The number of benzene rings is 1. The molecule has 6 nitrogen and oxygen atoms in total. The van der Waals surface area contributed by atoms with E-state index in [1.165, 1.54) is 10.4 Å². The Morgan fingerprint density at radius 2 is 1.81 bits per heavy atom. The van der Waals surface area contributed by atoms with Crippen LogP contribution in [-0.2, 0) is 19.5 Å². The summed E-state index contributed by atoms with van der Waals surface area (Å²) in [5.74, 6) is -0.573. The molecule has 2 aliphatic heterocycles. The lowest BCUT2D eigenvalue weighted by Gasteiger charge is -2.37. The average molecular weight is 312 g/mol. The predicted molar refractivity (Wildman–Crippen MR) is 78.2 cm³/mol. The van der Waals surface area contributed by atoms with E-state index in [1.54, 1.807) is 19.1 Å². The van der Waals surface area contributed by atoms with Crippen LogP contribution in [0.2, 0.25) is 0 Å². The van der Waals surface area contributed by atoms with Crippen LogP contribution >= 0.6 is 0 Å². The van der Waals surface area contributed by atoms with Gasteiger partial charge >= 0.3 is 0 Å². The molecule has 1 aromatic carbocycles. The first-order valence-corrected chi connectivity index (χ1v) is 8.51. The molecule has 0 atom stereocenters. The first-order valence-electron chi connectivity index (χ1n) is 7.07. The second-order valence-electron chi connectivity index (χ2n) is 5.54. The average Bonchev–Trinajstić information content (AvgIpc) is 2.90. The van der Waals surface area contributed by atoms with Crippen molar-refractivity contribution >= 4 is 15.7 Å². The molecule has 3 rings (SSSR count). The number of nitrogens with two attached hydrogens (primary N) is 1. The van der Waals surface area contributed by atoms with E-state index in [0.29, 0.717) is 50.4 Å². The van der Waals surface area contributed by atoms with Crippen molar-refractivity contribution in [1.82, 2.24) is 4.31 Å². The van der Waals surface area contributed by atoms with E-state index in [0.717, 1.165) is 0 Å². The number of nitrogens with zero attached hydrogens (tertiary/aromatic N) is 1. The number of hydrogen-bond acceptors (Lipinski definition) is 5. The third-order valence-electron chi connectivity index (χ3n) is 4.13. The minimum Gasteiger partial charge on any atom is -0.399 e. The van der Waals surface area contributed by atoms with E-state index in [-0.39, 0.29) is 4.90 Å². The van der Waals surface area contributed by atoms with Gasteiger partial charge in [0.05, 0.1) is 18.1 Å². The van der Waals surface area contributed by atoms with E-state index in [4.69, 9.17) is 15.2 Å². The molecular weight excluding hydrogens is 292 g/mol. The lowest BCUT2D eigenvalue weighted by atomic mass is 10.1. The van der Waals surface area contributed by atoms with Crippen LogP contribution < -0.4 is 5.73 Å². The Morgan fingerprint density at radius 1 is 1.19 bits per heavy atom. The summed E-state index contributed by atoms with van der Waals surface area (Å²) in [5, 5.41) is 0. The summed E-state index contributed by atoms with van der Waals surface area (Å²) in [6.07, 6.45) is 1.13. The SMILES string of the molecule is Cc1ccc(N)cc1S(=O)(=O)N1CCC2(CC1)OCCO2. The van der Waals surface area contributed by atoms with Crippen LogP contribution in [0.1, 0.15) is 18.4 Å². The van der Waals surface area contributed by atoms with Crippen molar-refractivity contribution in [3.8, 4) is 0 Å². The quantitative estimate of drug-likeness (QED) is 0.827. The van der Waals surface area contributed by atoms with E-state index in [1.807, 2.05) is 0 Å².